The lowest BCUT2D eigenvalue weighted by atomic mass is 9.82. The molecule has 9 aromatic carbocycles. The zero-order valence-electron chi connectivity index (χ0n) is 33.6. The Morgan fingerprint density at radius 1 is 0.328 bits per heavy atom. The molecule has 0 aliphatic heterocycles. The minimum atomic E-state index is -0.0936. The van der Waals surface area contributed by atoms with Crippen LogP contribution >= 0.6 is 11.3 Å². The van der Waals surface area contributed by atoms with Crippen LogP contribution in [0.4, 0.5) is 0 Å². The Morgan fingerprint density at radius 3 is 1.38 bits per heavy atom. The third-order valence-corrected chi connectivity index (χ3v) is 15.1. The number of hydrogen-bond donors (Lipinski definition) is 0. The molecule has 0 bridgehead atoms. The van der Waals surface area contributed by atoms with Crippen LogP contribution in [-0.4, -0.2) is 13.7 Å². The van der Waals surface area contributed by atoms with Gasteiger partial charge in [0.2, 0.25) is 0 Å². The molecule has 0 radical (unpaired) electrons. The summed E-state index contributed by atoms with van der Waals surface area (Å²) in [6, 6.07) is 70.2. The molecule has 286 valence electrons. The first-order valence-corrected chi connectivity index (χ1v) is 22.0. The van der Waals surface area contributed by atoms with Crippen LogP contribution in [0, 0.1) is 0 Å². The summed E-state index contributed by atoms with van der Waals surface area (Å²) in [5, 5.41) is 10.2. The molecule has 1 aliphatic rings. The van der Waals surface area contributed by atoms with Crippen LogP contribution in [0.3, 0.4) is 0 Å². The lowest BCUT2D eigenvalue weighted by Crippen LogP contribution is -2.14. The molecule has 0 saturated carbocycles. The number of hydrogen-bond acceptors (Lipinski definition) is 1. The summed E-state index contributed by atoms with van der Waals surface area (Å²) < 4.78 is 10.1. The van der Waals surface area contributed by atoms with Crippen LogP contribution in [0.2, 0.25) is 0 Å². The van der Waals surface area contributed by atoms with E-state index in [0.29, 0.717) is 0 Å². The minimum Gasteiger partial charge on any atom is -0.309 e. The van der Waals surface area contributed by atoms with E-state index in [9.17, 15) is 0 Å². The fourth-order valence-electron chi connectivity index (χ4n) is 11.1. The molecule has 14 rings (SSSR count). The van der Waals surface area contributed by atoms with E-state index < -0.39 is 0 Å². The summed E-state index contributed by atoms with van der Waals surface area (Å²) in [6.45, 7) is 4.76. The maximum absolute atomic E-state index is 2.54. The highest BCUT2D eigenvalue weighted by Crippen LogP contribution is 2.52. The molecule has 4 aromatic heterocycles. The van der Waals surface area contributed by atoms with Gasteiger partial charge in [0.05, 0.1) is 53.9 Å². The predicted molar refractivity (Wildman–Crippen MR) is 260 cm³/mol. The quantitative estimate of drug-likeness (QED) is 0.169. The lowest BCUT2D eigenvalue weighted by Gasteiger charge is -2.21. The van der Waals surface area contributed by atoms with Gasteiger partial charge in [-0.25, -0.2) is 0 Å². The Kier molecular flexibility index (Phi) is 6.51. The predicted octanol–water partition coefficient (Wildman–Crippen LogP) is 15.7. The zero-order valence-corrected chi connectivity index (χ0v) is 34.5. The SMILES string of the molecule is CC1(C)c2ccccc2-c2cc3c4ccccc4n(-c4cccc5c4sc4c(-n6c7ccccc7c7ccc(-n8c9ccccc9c9ccccc98)cc76)cccc45)c3cc21. The monoisotopic (exact) mass is 795 g/mol. The second kappa shape index (κ2) is 11.9. The summed E-state index contributed by atoms with van der Waals surface area (Å²) in [5.41, 5.74) is 16.3. The maximum atomic E-state index is 2.54. The molecule has 61 heavy (non-hydrogen) atoms. The van der Waals surface area contributed by atoms with Gasteiger partial charge in [-0.3, -0.25) is 0 Å². The number of nitrogens with zero attached hydrogens (tertiary/aromatic N) is 3. The van der Waals surface area contributed by atoms with E-state index in [1.54, 1.807) is 0 Å². The van der Waals surface area contributed by atoms with Crippen molar-refractivity contribution in [2.75, 3.05) is 0 Å². The molecule has 0 saturated heterocycles. The van der Waals surface area contributed by atoms with Gasteiger partial charge in [0.15, 0.2) is 0 Å². The van der Waals surface area contributed by atoms with Crippen LogP contribution < -0.4 is 0 Å². The van der Waals surface area contributed by atoms with Crippen LogP contribution in [0.15, 0.2) is 188 Å². The van der Waals surface area contributed by atoms with E-state index in [0.717, 1.165) is 5.69 Å². The second-order valence-electron chi connectivity index (χ2n) is 17.3. The maximum Gasteiger partial charge on any atom is 0.0640 e. The van der Waals surface area contributed by atoms with Gasteiger partial charge in [0, 0.05) is 54.2 Å². The van der Waals surface area contributed by atoms with Crippen LogP contribution in [0.5, 0.6) is 0 Å². The van der Waals surface area contributed by atoms with Gasteiger partial charge in [-0.1, -0.05) is 141 Å². The van der Waals surface area contributed by atoms with Crippen LogP contribution in [-0.2, 0) is 5.41 Å². The van der Waals surface area contributed by atoms with Crippen molar-refractivity contribution in [2.45, 2.75) is 19.3 Å². The Labute approximate surface area is 355 Å². The molecule has 0 fully saturated rings. The summed E-state index contributed by atoms with van der Waals surface area (Å²) in [4.78, 5) is 0. The molecular weight excluding hydrogens is 759 g/mol. The molecule has 1 aliphatic carbocycles. The van der Waals surface area contributed by atoms with Crippen molar-refractivity contribution in [3.63, 3.8) is 0 Å². The van der Waals surface area contributed by atoms with Crippen molar-refractivity contribution >= 4 is 96.9 Å². The first kappa shape index (κ1) is 33.4. The summed E-state index contributed by atoms with van der Waals surface area (Å²) in [6.07, 6.45) is 0. The van der Waals surface area contributed by atoms with Crippen LogP contribution in [0.25, 0.3) is 114 Å². The number of thiophene rings is 1. The topological polar surface area (TPSA) is 14.8 Å². The van der Waals surface area contributed by atoms with E-state index >= 15 is 0 Å². The normalized spacial score (nSPS) is 13.5. The van der Waals surface area contributed by atoms with Crippen molar-refractivity contribution in [1.29, 1.82) is 0 Å². The molecule has 4 heterocycles. The number of rotatable bonds is 3. The molecule has 4 heteroatoms. The smallest absolute Gasteiger partial charge is 0.0640 e. The highest BCUT2D eigenvalue weighted by Gasteiger charge is 2.36. The van der Waals surface area contributed by atoms with Crippen molar-refractivity contribution in [3.05, 3.63) is 199 Å². The molecule has 0 amide bonds. The standard InChI is InChI=1S/C57H37N3S/c1-57(2)45-22-8-3-15-35(45)43-32-44-39-19-7-12-26-50(39)60(54(44)33-46(43)57)52-28-14-21-42-41-20-13-27-51(55(41)61-56(42)52)59-49-25-11-6-18-38(49)40-30-29-34(31-53(40)59)58-47-23-9-4-16-36(47)37-17-5-10-24-48(37)58/h3-33H,1-2H3. The molecule has 0 N–H and O–H groups in total. The second-order valence-corrected chi connectivity index (χ2v) is 18.3. The lowest BCUT2D eigenvalue weighted by molar-refractivity contribution is 0.661. The average molecular weight is 796 g/mol. The Hall–Kier alpha value is -7.40. The summed E-state index contributed by atoms with van der Waals surface area (Å²) in [5.74, 6) is 0. The number of benzene rings is 9. The van der Waals surface area contributed by atoms with Gasteiger partial charge < -0.3 is 13.7 Å². The molecular formula is C57H37N3S. The molecule has 13 aromatic rings. The fraction of sp³-hybridized carbons (Fsp3) is 0.0526. The van der Waals surface area contributed by atoms with Gasteiger partial charge in [-0.05, 0) is 82.9 Å². The number of aromatic nitrogens is 3. The third kappa shape index (κ3) is 4.32. The first-order chi connectivity index (χ1) is 30.0. The van der Waals surface area contributed by atoms with E-state index in [2.05, 4.69) is 216 Å². The van der Waals surface area contributed by atoms with E-state index in [1.807, 2.05) is 11.3 Å². The van der Waals surface area contributed by atoms with E-state index in [-0.39, 0.29) is 5.41 Å². The van der Waals surface area contributed by atoms with Gasteiger partial charge >= 0.3 is 0 Å². The Balaban J connectivity index is 1.04. The van der Waals surface area contributed by atoms with Crippen molar-refractivity contribution < 1.29 is 0 Å². The van der Waals surface area contributed by atoms with Crippen molar-refractivity contribution in [2.24, 2.45) is 0 Å². The Morgan fingerprint density at radius 2 is 0.787 bits per heavy atom. The van der Waals surface area contributed by atoms with E-state index in [1.165, 1.54) is 119 Å². The highest BCUT2D eigenvalue weighted by atomic mass is 32.1. The average Bonchev–Trinajstić information content (AvgIpc) is 4.08. The molecule has 0 atom stereocenters. The third-order valence-electron chi connectivity index (χ3n) is 13.8. The van der Waals surface area contributed by atoms with Gasteiger partial charge in [-0.2, -0.15) is 0 Å². The highest BCUT2D eigenvalue weighted by molar-refractivity contribution is 7.26. The largest absolute Gasteiger partial charge is 0.309 e. The van der Waals surface area contributed by atoms with Crippen molar-refractivity contribution in [3.8, 4) is 28.2 Å². The molecule has 3 nitrogen and oxygen atoms in total. The molecule has 0 spiro atoms. The first-order valence-electron chi connectivity index (χ1n) is 21.2. The van der Waals surface area contributed by atoms with Gasteiger partial charge in [0.25, 0.3) is 0 Å². The summed E-state index contributed by atoms with van der Waals surface area (Å²) >= 11 is 1.92. The zero-order chi connectivity index (χ0) is 40.1. The Bertz CT molecular complexity index is 3980. The van der Waals surface area contributed by atoms with Crippen molar-refractivity contribution in [1.82, 2.24) is 13.7 Å². The molecule has 0 unspecified atom stereocenters. The minimum absolute atomic E-state index is 0.0936. The van der Waals surface area contributed by atoms with Gasteiger partial charge in [0.1, 0.15) is 0 Å². The van der Waals surface area contributed by atoms with Gasteiger partial charge in [-0.15, -0.1) is 11.3 Å². The fourth-order valence-corrected chi connectivity index (χ4v) is 12.4. The number of fused-ring (bicyclic) bond motifs is 15. The van der Waals surface area contributed by atoms with Crippen LogP contribution in [0.1, 0.15) is 25.0 Å². The summed E-state index contributed by atoms with van der Waals surface area (Å²) in [7, 11) is 0. The number of para-hydroxylation sites is 4. The van der Waals surface area contributed by atoms with E-state index in [4.69, 9.17) is 0 Å².